The summed E-state index contributed by atoms with van der Waals surface area (Å²) in [6.45, 7) is 2.02. The Morgan fingerprint density at radius 1 is 1.00 bits per heavy atom. The van der Waals surface area contributed by atoms with Gasteiger partial charge in [0, 0.05) is 28.1 Å². The van der Waals surface area contributed by atoms with Crippen molar-refractivity contribution in [1.82, 2.24) is 5.32 Å². The molecule has 3 aromatic rings. The predicted molar refractivity (Wildman–Crippen MR) is 117 cm³/mol. The number of halogens is 3. The maximum absolute atomic E-state index is 12.7. The molecule has 2 atom stereocenters. The summed E-state index contributed by atoms with van der Waals surface area (Å²) in [4.78, 5) is 15.7. The van der Waals surface area contributed by atoms with E-state index in [1.807, 2.05) is 61.5 Å². The lowest BCUT2D eigenvalue weighted by atomic mass is 9.86. The normalized spacial score (nSPS) is 13.0. The lowest BCUT2D eigenvalue weighted by molar-refractivity contribution is -0.383. The maximum Gasteiger partial charge on any atom is 0.316 e. The van der Waals surface area contributed by atoms with Crippen molar-refractivity contribution in [3.63, 3.8) is 0 Å². The van der Waals surface area contributed by atoms with E-state index >= 15 is 0 Å². The molecule has 0 unspecified atom stereocenters. The lowest BCUT2D eigenvalue weighted by Gasteiger charge is -2.25. The zero-order chi connectivity index (χ0) is 20.1. The van der Waals surface area contributed by atoms with Gasteiger partial charge in [0.05, 0.1) is 4.47 Å². The second-order valence-corrected chi connectivity index (χ2v) is 8.46. The lowest BCUT2D eigenvalue weighted by Crippen LogP contribution is -2.40. The molecule has 6 heteroatoms. The van der Waals surface area contributed by atoms with Crippen LogP contribution in [0.4, 0.5) is 0 Å². The first kappa shape index (κ1) is 20.8. The van der Waals surface area contributed by atoms with Gasteiger partial charge < -0.3 is 5.32 Å². The number of carbonyl (C=O) groups is 1. The van der Waals surface area contributed by atoms with Gasteiger partial charge in [-0.25, -0.2) is 4.98 Å². The Morgan fingerprint density at radius 3 is 2.18 bits per heavy atom. The Labute approximate surface area is 183 Å². The largest absolute Gasteiger partial charge is 0.344 e. The van der Waals surface area contributed by atoms with Crippen molar-refractivity contribution in [3.8, 4) is 0 Å². The highest BCUT2D eigenvalue weighted by Crippen LogP contribution is 2.27. The monoisotopic (exact) mass is 477 g/mol. The Kier molecular flexibility index (Phi) is 7.11. The van der Waals surface area contributed by atoms with E-state index in [1.165, 1.54) is 0 Å². The van der Waals surface area contributed by atoms with E-state index in [0.29, 0.717) is 15.7 Å². The second-order valence-electron chi connectivity index (χ2n) is 6.67. The van der Waals surface area contributed by atoms with Crippen molar-refractivity contribution in [2.24, 2.45) is 0 Å². The molecule has 0 aliphatic carbocycles. The van der Waals surface area contributed by atoms with Crippen LogP contribution < -0.4 is 10.3 Å². The number of pyridine rings is 1. The molecular formula is C22H20BrCl2N2O+. The number of nitrogens with one attached hydrogen (secondary N) is 2. The molecule has 3 rings (SSSR count). The quantitative estimate of drug-likeness (QED) is 0.484. The van der Waals surface area contributed by atoms with Gasteiger partial charge in [0.1, 0.15) is 0 Å². The number of carbonyl (C=O) groups excluding carboxylic acids is 1. The number of aromatic amines is 1. The van der Waals surface area contributed by atoms with Crippen LogP contribution in [0.5, 0.6) is 0 Å². The van der Waals surface area contributed by atoms with Gasteiger partial charge in [-0.05, 0) is 70.7 Å². The summed E-state index contributed by atoms with van der Waals surface area (Å²) in [5.41, 5.74) is 2.78. The first-order valence-corrected chi connectivity index (χ1v) is 10.5. The molecule has 2 aromatic carbocycles. The molecule has 144 valence electrons. The molecule has 2 N–H and O–H groups in total. The Balaban J connectivity index is 1.82. The average molecular weight is 479 g/mol. The minimum atomic E-state index is -0.143. The first-order chi connectivity index (χ1) is 13.4. The van der Waals surface area contributed by atoms with Gasteiger partial charge in [-0.2, -0.15) is 0 Å². The molecule has 0 fully saturated rings. The third kappa shape index (κ3) is 5.57. The van der Waals surface area contributed by atoms with Crippen molar-refractivity contribution in [3.05, 3.63) is 98.2 Å². The number of hydrogen-bond acceptors (Lipinski definition) is 1. The van der Waals surface area contributed by atoms with Crippen LogP contribution in [-0.4, -0.2) is 11.9 Å². The number of hydrogen-bond donors (Lipinski definition) is 1. The molecular weight excluding hydrogens is 459 g/mol. The molecule has 1 heterocycles. The zero-order valence-corrected chi connectivity index (χ0v) is 18.4. The smallest absolute Gasteiger partial charge is 0.316 e. The van der Waals surface area contributed by atoms with Crippen LogP contribution in [-0.2, 0) is 6.42 Å². The second kappa shape index (κ2) is 9.55. The van der Waals surface area contributed by atoms with Crippen molar-refractivity contribution in [2.75, 3.05) is 0 Å². The fourth-order valence-electron chi connectivity index (χ4n) is 3.10. The van der Waals surface area contributed by atoms with E-state index in [4.69, 9.17) is 23.2 Å². The van der Waals surface area contributed by atoms with Crippen LogP contribution in [0.3, 0.4) is 0 Å². The third-order valence-electron chi connectivity index (χ3n) is 4.65. The average Bonchev–Trinajstić information content (AvgIpc) is 2.68. The summed E-state index contributed by atoms with van der Waals surface area (Å²) in [6.07, 6.45) is 2.51. The highest BCUT2D eigenvalue weighted by atomic mass is 79.9. The van der Waals surface area contributed by atoms with E-state index in [2.05, 4.69) is 26.2 Å². The van der Waals surface area contributed by atoms with Gasteiger partial charge in [0.25, 0.3) is 5.69 Å². The highest BCUT2D eigenvalue weighted by Gasteiger charge is 2.24. The Hall–Kier alpha value is -1.88. The van der Waals surface area contributed by atoms with Crippen LogP contribution >= 0.6 is 39.1 Å². The standard InChI is InChI=1S/C22H19BrCl2N2O/c1-14(27-22(28)21-11-6-17(23)13-26-21)20(16-4-9-19(25)10-5-16)12-15-2-7-18(24)8-3-15/h2-11,13-14,20H,12H2,1H3,(H,27,28)/p+1/t14-,20+/m1/s1. The van der Waals surface area contributed by atoms with Crippen molar-refractivity contribution >= 4 is 45.0 Å². The van der Waals surface area contributed by atoms with Crippen LogP contribution in [0.1, 0.15) is 34.5 Å². The molecule has 0 bridgehead atoms. The minimum absolute atomic E-state index is 0.0813. The molecule has 1 amide bonds. The van der Waals surface area contributed by atoms with Gasteiger partial charge in [-0.1, -0.05) is 47.5 Å². The predicted octanol–water partition coefficient (Wildman–Crippen LogP) is 5.71. The Morgan fingerprint density at radius 2 is 1.61 bits per heavy atom. The molecule has 0 spiro atoms. The van der Waals surface area contributed by atoms with E-state index in [9.17, 15) is 4.79 Å². The van der Waals surface area contributed by atoms with Crippen LogP contribution in [0.25, 0.3) is 0 Å². The Bertz CT molecular complexity index is 928. The van der Waals surface area contributed by atoms with E-state index in [-0.39, 0.29) is 17.9 Å². The number of amides is 1. The molecule has 0 saturated heterocycles. The van der Waals surface area contributed by atoms with Gasteiger partial charge >= 0.3 is 5.91 Å². The van der Waals surface area contributed by atoms with Crippen LogP contribution in [0, 0.1) is 0 Å². The van der Waals surface area contributed by atoms with Crippen molar-refractivity contribution < 1.29 is 9.78 Å². The number of H-pyrrole nitrogens is 1. The molecule has 0 saturated carbocycles. The number of benzene rings is 2. The van der Waals surface area contributed by atoms with E-state index in [0.717, 1.165) is 22.0 Å². The molecule has 28 heavy (non-hydrogen) atoms. The van der Waals surface area contributed by atoms with E-state index < -0.39 is 0 Å². The summed E-state index contributed by atoms with van der Waals surface area (Å²) in [7, 11) is 0. The molecule has 0 aliphatic rings. The van der Waals surface area contributed by atoms with Crippen molar-refractivity contribution in [1.29, 1.82) is 0 Å². The first-order valence-electron chi connectivity index (χ1n) is 8.90. The summed E-state index contributed by atoms with van der Waals surface area (Å²) in [5, 5.41) is 4.51. The van der Waals surface area contributed by atoms with Gasteiger partial charge in [0.2, 0.25) is 0 Å². The summed E-state index contributed by atoms with van der Waals surface area (Å²) >= 11 is 15.4. The summed E-state index contributed by atoms with van der Waals surface area (Å²) in [6, 6.07) is 19.1. The molecule has 1 aromatic heterocycles. The third-order valence-corrected chi connectivity index (χ3v) is 5.65. The molecule has 0 aliphatic heterocycles. The number of aromatic nitrogens is 1. The molecule has 3 nitrogen and oxygen atoms in total. The zero-order valence-electron chi connectivity index (χ0n) is 15.3. The maximum atomic E-state index is 12.7. The summed E-state index contributed by atoms with van der Waals surface area (Å²) in [5.74, 6) is -0.0621. The topological polar surface area (TPSA) is 43.2 Å². The molecule has 0 radical (unpaired) electrons. The number of rotatable bonds is 6. The summed E-state index contributed by atoms with van der Waals surface area (Å²) < 4.78 is 0.888. The van der Waals surface area contributed by atoms with Crippen molar-refractivity contribution in [2.45, 2.75) is 25.3 Å². The van der Waals surface area contributed by atoms with Gasteiger partial charge in [-0.3, -0.25) is 4.79 Å². The van der Waals surface area contributed by atoms with Gasteiger partial charge in [0.15, 0.2) is 6.20 Å². The fourth-order valence-corrected chi connectivity index (χ4v) is 3.60. The van der Waals surface area contributed by atoms with E-state index in [1.54, 1.807) is 12.3 Å². The van der Waals surface area contributed by atoms with Crippen LogP contribution in [0.2, 0.25) is 10.0 Å². The fraction of sp³-hybridized carbons (Fsp3) is 0.182. The SMILES string of the molecule is C[C@@H](NC(=O)c1ccc(Br)c[nH+]1)[C@H](Cc1ccc(Cl)cc1)c1ccc(Cl)cc1. The van der Waals surface area contributed by atoms with Crippen LogP contribution in [0.15, 0.2) is 71.3 Å². The van der Waals surface area contributed by atoms with Gasteiger partial charge in [-0.15, -0.1) is 0 Å². The minimum Gasteiger partial charge on any atom is -0.344 e. The highest BCUT2D eigenvalue weighted by molar-refractivity contribution is 9.10.